The van der Waals surface area contributed by atoms with E-state index in [1.165, 1.54) is 0 Å². The number of aromatic carboxylic acids is 1. The van der Waals surface area contributed by atoms with Gasteiger partial charge in [-0.3, -0.25) is 0 Å². The number of carbonyl (C=O) groups is 1. The Hall–Kier alpha value is -1.62. The third kappa shape index (κ3) is 2.87. The molecule has 0 atom stereocenters. The molecule has 2 heterocycles. The fourth-order valence-corrected chi connectivity index (χ4v) is 2.58. The van der Waals surface area contributed by atoms with Crippen molar-refractivity contribution in [1.29, 1.82) is 0 Å². The van der Waals surface area contributed by atoms with Gasteiger partial charge >= 0.3 is 5.97 Å². The number of carboxylic acid groups (broad SMARTS) is 1. The molecule has 0 unspecified atom stereocenters. The number of rotatable bonds is 3. The Morgan fingerprint density at radius 3 is 2.63 bits per heavy atom. The quantitative estimate of drug-likeness (QED) is 0.904. The van der Waals surface area contributed by atoms with Crippen molar-refractivity contribution in [3.63, 3.8) is 0 Å². The highest BCUT2D eigenvalue weighted by atomic mass is 16.5. The SMILES string of the molecule is Cc1cc(C)c(C(=O)O)c(N(C)C2CCOCC2)n1. The number of anilines is 1. The summed E-state index contributed by atoms with van der Waals surface area (Å²) in [4.78, 5) is 17.9. The molecule has 1 aromatic heterocycles. The number of aromatic nitrogens is 1. The highest BCUT2D eigenvalue weighted by Gasteiger charge is 2.25. The molecule has 104 valence electrons. The van der Waals surface area contributed by atoms with Gasteiger partial charge in [0.2, 0.25) is 0 Å². The van der Waals surface area contributed by atoms with Crippen LogP contribution in [0, 0.1) is 13.8 Å². The van der Waals surface area contributed by atoms with Gasteiger partial charge < -0.3 is 14.7 Å². The first kappa shape index (κ1) is 13.8. The van der Waals surface area contributed by atoms with E-state index in [0.717, 1.165) is 37.3 Å². The summed E-state index contributed by atoms with van der Waals surface area (Å²) in [6.07, 6.45) is 1.81. The average Bonchev–Trinajstić information content (AvgIpc) is 2.37. The fraction of sp³-hybridized carbons (Fsp3) is 0.571. The zero-order valence-corrected chi connectivity index (χ0v) is 11.6. The van der Waals surface area contributed by atoms with Gasteiger partial charge in [0.1, 0.15) is 11.4 Å². The van der Waals surface area contributed by atoms with E-state index in [4.69, 9.17) is 4.74 Å². The molecule has 1 aromatic rings. The summed E-state index contributed by atoms with van der Waals surface area (Å²) in [7, 11) is 1.92. The van der Waals surface area contributed by atoms with Crippen LogP contribution >= 0.6 is 0 Å². The molecule has 19 heavy (non-hydrogen) atoms. The van der Waals surface area contributed by atoms with E-state index in [1.54, 1.807) is 0 Å². The molecule has 1 aliphatic rings. The van der Waals surface area contributed by atoms with E-state index >= 15 is 0 Å². The molecule has 0 aliphatic carbocycles. The molecule has 1 aliphatic heterocycles. The maximum absolute atomic E-state index is 11.4. The second-order valence-corrected chi connectivity index (χ2v) is 5.04. The largest absolute Gasteiger partial charge is 0.478 e. The molecule has 1 saturated heterocycles. The van der Waals surface area contributed by atoms with Crippen molar-refractivity contribution in [1.82, 2.24) is 4.98 Å². The summed E-state index contributed by atoms with van der Waals surface area (Å²) in [6.45, 7) is 5.16. The van der Waals surface area contributed by atoms with Gasteiger partial charge in [0.15, 0.2) is 0 Å². The third-order valence-corrected chi connectivity index (χ3v) is 3.61. The fourth-order valence-electron chi connectivity index (χ4n) is 2.58. The Balaban J connectivity index is 2.39. The molecule has 2 rings (SSSR count). The van der Waals surface area contributed by atoms with Crippen LogP contribution in [0.4, 0.5) is 5.82 Å². The minimum atomic E-state index is -0.918. The Bertz CT molecular complexity index is 482. The normalized spacial score (nSPS) is 16.4. The molecular weight excluding hydrogens is 244 g/mol. The highest BCUT2D eigenvalue weighted by Crippen LogP contribution is 2.26. The highest BCUT2D eigenvalue weighted by molar-refractivity contribution is 5.95. The van der Waals surface area contributed by atoms with E-state index in [0.29, 0.717) is 17.4 Å². The van der Waals surface area contributed by atoms with Crippen LogP contribution in [0.3, 0.4) is 0 Å². The maximum Gasteiger partial charge on any atom is 0.339 e. The van der Waals surface area contributed by atoms with Crippen LogP contribution in [0.5, 0.6) is 0 Å². The zero-order valence-electron chi connectivity index (χ0n) is 11.6. The number of aryl methyl sites for hydroxylation is 2. The van der Waals surface area contributed by atoms with Crippen LogP contribution < -0.4 is 4.90 Å². The lowest BCUT2D eigenvalue weighted by molar-refractivity contribution is 0.0695. The van der Waals surface area contributed by atoms with Crippen LogP contribution in [0.2, 0.25) is 0 Å². The maximum atomic E-state index is 11.4. The topological polar surface area (TPSA) is 62.7 Å². The van der Waals surface area contributed by atoms with Crippen LogP contribution in [0.15, 0.2) is 6.07 Å². The minimum Gasteiger partial charge on any atom is -0.478 e. The van der Waals surface area contributed by atoms with E-state index in [2.05, 4.69) is 4.98 Å². The number of ether oxygens (including phenoxy) is 1. The number of pyridine rings is 1. The lowest BCUT2D eigenvalue weighted by Crippen LogP contribution is -2.38. The van der Waals surface area contributed by atoms with Gasteiger partial charge in [-0.1, -0.05) is 0 Å². The summed E-state index contributed by atoms with van der Waals surface area (Å²) in [5.41, 5.74) is 1.91. The van der Waals surface area contributed by atoms with Gasteiger partial charge in [0, 0.05) is 32.0 Å². The Kier molecular flexibility index (Phi) is 4.04. The standard InChI is InChI=1S/C14H20N2O3/c1-9-8-10(2)15-13(12(9)14(17)18)16(3)11-4-6-19-7-5-11/h8,11H,4-7H2,1-3H3,(H,17,18). The number of hydrogen-bond donors (Lipinski definition) is 1. The van der Waals surface area contributed by atoms with Gasteiger partial charge in [-0.2, -0.15) is 0 Å². The number of hydrogen-bond acceptors (Lipinski definition) is 4. The molecule has 0 amide bonds. The van der Waals surface area contributed by atoms with Crippen LogP contribution in [-0.2, 0) is 4.74 Å². The van der Waals surface area contributed by atoms with E-state index in [1.807, 2.05) is 31.9 Å². The third-order valence-electron chi connectivity index (χ3n) is 3.61. The average molecular weight is 264 g/mol. The smallest absolute Gasteiger partial charge is 0.339 e. The van der Waals surface area contributed by atoms with Crippen LogP contribution in [0.25, 0.3) is 0 Å². The zero-order chi connectivity index (χ0) is 14.0. The van der Waals surface area contributed by atoms with Gasteiger partial charge in [0.05, 0.1) is 0 Å². The van der Waals surface area contributed by atoms with Crippen molar-refractivity contribution in [2.45, 2.75) is 32.7 Å². The summed E-state index contributed by atoms with van der Waals surface area (Å²) < 4.78 is 5.35. The second-order valence-electron chi connectivity index (χ2n) is 5.04. The second kappa shape index (κ2) is 5.57. The predicted octanol–water partition coefficient (Wildman–Crippen LogP) is 2.01. The van der Waals surface area contributed by atoms with Gasteiger partial charge in [0.25, 0.3) is 0 Å². The van der Waals surface area contributed by atoms with Crippen molar-refractivity contribution in [3.05, 3.63) is 22.9 Å². The van der Waals surface area contributed by atoms with Crippen molar-refractivity contribution in [3.8, 4) is 0 Å². The molecule has 0 radical (unpaired) electrons. The molecule has 0 spiro atoms. The molecule has 0 saturated carbocycles. The predicted molar refractivity (Wildman–Crippen MR) is 72.9 cm³/mol. The summed E-state index contributed by atoms with van der Waals surface area (Å²) >= 11 is 0. The molecule has 0 bridgehead atoms. The molecule has 5 heteroatoms. The Morgan fingerprint density at radius 1 is 1.42 bits per heavy atom. The monoisotopic (exact) mass is 264 g/mol. The summed E-state index contributed by atoms with van der Waals surface area (Å²) in [5.74, 6) is -0.351. The molecule has 1 fully saturated rings. The minimum absolute atomic E-state index is 0.292. The first-order chi connectivity index (χ1) is 9.00. The molecular formula is C14H20N2O3. The first-order valence-electron chi connectivity index (χ1n) is 6.53. The van der Waals surface area contributed by atoms with Crippen molar-refractivity contribution in [2.24, 2.45) is 0 Å². The van der Waals surface area contributed by atoms with E-state index in [9.17, 15) is 9.90 Å². The van der Waals surface area contributed by atoms with Gasteiger partial charge in [-0.15, -0.1) is 0 Å². The lowest BCUT2D eigenvalue weighted by Gasteiger charge is -2.33. The van der Waals surface area contributed by atoms with Gasteiger partial charge in [-0.25, -0.2) is 9.78 Å². The molecule has 0 aromatic carbocycles. The van der Waals surface area contributed by atoms with E-state index in [-0.39, 0.29) is 0 Å². The summed E-state index contributed by atoms with van der Waals surface area (Å²) in [6, 6.07) is 2.10. The Morgan fingerprint density at radius 2 is 2.05 bits per heavy atom. The van der Waals surface area contributed by atoms with E-state index < -0.39 is 5.97 Å². The van der Waals surface area contributed by atoms with Crippen molar-refractivity contribution < 1.29 is 14.6 Å². The molecule has 1 N–H and O–H groups in total. The van der Waals surface area contributed by atoms with Gasteiger partial charge in [-0.05, 0) is 38.3 Å². The molecule has 5 nitrogen and oxygen atoms in total. The first-order valence-corrected chi connectivity index (χ1v) is 6.53. The van der Waals surface area contributed by atoms with Crippen LogP contribution in [-0.4, -0.2) is 42.4 Å². The number of carboxylic acids is 1. The lowest BCUT2D eigenvalue weighted by atomic mass is 10.0. The Labute approximate surface area is 113 Å². The summed E-state index contributed by atoms with van der Waals surface area (Å²) in [5, 5.41) is 9.39. The van der Waals surface area contributed by atoms with Crippen molar-refractivity contribution in [2.75, 3.05) is 25.2 Å². The number of nitrogens with zero attached hydrogens (tertiary/aromatic N) is 2. The van der Waals surface area contributed by atoms with Crippen molar-refractivity contribution >= 4 is 11.8 Å². The van der Waals surface area contributed by atoms with Crippen LogP contribution in [0.1, 0.15) is 34.5 Å².